The van der Waals surface area contributed by atoms with E-state index in [0.29, 0.717) is 13.2 Å². The first kappa shape index (κ1) is 17.4. The summed E-state index contributed by atoms with van der Waals surface area (Å²) in [6, 6.07) is -0.327. The number of ether oxygens (including phenoxy) is 1. The number of nitrogens with zero attached hydrogens (tertiary/aromatic N) is 2. The van der Waals surface area contributed by atoms with E-state index in [-0.39, 0.29) is 19.1 Å². The Hall–Kier alpha value is -1.56. The van der Waals surface area contributed by atoms with Crippen molar-refractivity contribution in [1.82, 2.24) is 9.80 Å². The number of carboxylic acid groups (broad SMARTS) is 1. The van der Waals surface area contributed by atoms with Gasteiger partial charge in [0.15, 0.2) is 0 Å². The molecule has 0 spiro atoms. The number of aliphatic carboxylic acids is 1. The van der Waals surface area contributed by atoms with Gasteiger partial charge < -0.3 is 19.6 Å². The van der Waals surface area contributed by atoms with E-state index in [1.807, 2.05) is 20.8 Å². The molecule has 0 aliphatic heterocycles. The van der Waals surface area contributed by atoms with Crippen LogP contribution >= 0.6 is 0 Å². The summed E-state index contributed by atoms with van der Waals surface area (Å²) in [6.07, 6.45) is 1.62. The number of hydrogen-bond donors (Lipinski definition) is 1. The molecule has 6 nitrogen and oxygen atoms in total. The van der Waals surface area contributed by atoms with E-state index >= 15 is 0 Å². The summed E-state index contributed by atoms with van der Waals surface area (Å²) in [7, 11) is 1.51. The summed E-state index contributed by atoms with van der Waals surface area (Å²) in [5.74, 6) is -1.04. The van der Waals surface area contributed by atoms with Crippen LogP contribution in [0.2, 0.25) is 0 Å². The quantitative estimate of drug-likeness (QED) is 0.712. The van der Waals surface area contributed by atoms with Crippen LogP contribution in [0.25, 0.3) is 0 Å². The Balaban J connectivity index is 4.99. The number of urea groups is 1. The summed E-state index contributed by atoms with van der Waals surface area (Å²) in [5, 5.41) is 8.87. The standard InChI is InChI=1S/C13H24N2O4/c1-6-7-15(13(2,3)4)12(18)14(8-9-19-5)10-11(16)17/h6H,1,7-10H2,2-5H3,(H,16,17). The molecule has 0 rings (SSSR count). The number of methoxy groups -OCH3 is 1. The second-order valence-corrected chi connectivity index (χ2v) is 5.16. The highest BCUT2D eigenvalue weighted by atomic mass is 16.5. The molecule has 0 aliphatic rings. The molecule has 0 aliphatic carbocycles. The fourth-order valence-electron chi connectivity index (χ4n) is 1.55. The minimum Gasteiger partial charge on any atom is -0.480 e. The van der Waals surface area contributed by atoms with Crippen molar-refractivity contribution in [2.45, 2.75) is 26.3 Å². The molecule has 110 valence electrons. The minimum atomic E-state index is -1.04. The molecule has 0 fully saturated rings. The van der Waals surface area contributed by atoms with Gasteiger partial charge in [0, 0.05) is 25.7 Å². The Morgan fingerprint density at radius 1 is 1.37 bits per heavy atom. The van der Waals surface area contributed by atoms with Crippen molar-refractivity contribution in [2.75, 3.05) is 33.4 Å². The smallest absolute Gasteiger partial charge is 0.323 e. The zero-order valence-corrected chi connectivity index (χ0v) is 12.2. The number of carboxylic acids is 1. The van der Waals surface area contributed by atoms with Crippen LogP contribution in [0.5, 0.6) is 0 Å². The van der Waals surface area contributed by atoms with Gasteiger partial charge in [-0.1, -0.05) is 6.08 Å². The maximum atomic E-state index is 12.4. The summed E-state index contributed by atoms with van der Waals surface area (Å²) in [5.41, 5.74) is -0.408. The van der Waals surface area contributed by atoms with E-state index in [1.165, 1.54) is 12.0 Å². The van der Waals surface area contributed by atoms with Gasteiger partial charge in [0.25, 0.3) is 0 Å². The van der Waals surface area contributed by atoms with Gasteiger partial charge in [-0.3, -0.25) is 4.79 Å². The molecule has 0 aromatic carbocycles. The van der Waals surface area contributed by atoms with Gasteiger partial charge in [0.1, 0.15) is 6.54 Å². The molecular weight excluding hydrogens is 248 g/mol. The lowest BCUT2D eigenvalue weighted by atomic mass is 10.1. The zero-order valence-electron chi connectivity index (χ0n) is 12.2. The topological polar surface area (TPSA) is 70.1 Å². The SMILES string of the molecule is C=CCN(C(=O)N(CCOC)CC(=O)O)C(C)(C)C. The molecule has 0 aromatic rings. The van der Waals surface area contributed by atoms with Gasteiger partial charge in [0.05, 0.1) is 6.61 Å². The van der Waals surface area contributed by atoms with E-state index in [9.17, 15) is 9.59 Å². The normalized spacial score (nSPS) is 10.9. The lowest BCUT2D eigenvalue weighted by Gasteiger charge is -2.38. The number of amides is 2. The Morgan fingerprint density at radius 2 is 1.95 bits per heavy atom. The molecule has 1 N–H and O–H groups in total. The van der Waals surface area contributed by atoms with Gasteiger partial charge in [-0.15, -0.1) is 6.58 Å². The third kappa shape index (κ3) is 6.24. The van der Waals surface area contributed by atoms with Crippen LogP contribution in [0.1, 0.15) is 20.8 Å². The van der Waals surface area contributed by atoms with Crippen molar-refractivity contribution >= 4 is 12.0 Å². The first-order chi connectivity index (χ1) is 8.73. The van der Waals surface area contributed by atoms with Crippen molar-refractivity contribution < 1.29 is 19.4 Å². The third-order valence-corrected chi connectivity index (χ3v) is 2.51. The lowest BCUT2D eigenvalue weighted by Crippen LogP contribution is -2.53. The van der Waals surface area contributed by atoms with Gasteiger partial charge >= 0.3 is 12.0 Å². The Labute approximate surface area is 114 Å². The van der Waals surface area contributed by atoms with Crippen molar-refractivity contribution in [3.63, 3.8) is 0 Å². The second-order valence-electron chi connectivity index (χ2n) is 5.16. The van der Waals surface area contributed by atoms with Crippen LogP contribution in [0.3, 0.4) is 0 Å². The summed E-state index contributed by atoms with van der Waals surface area (Å²) in [6.45, 7) is 9.87. The van der Waals surface area contributed by atoms with E-state index < -0.39 is 11.5 Å². The largest absolute Gasteiger partial charge is 0.480 e. The summed E-state index contributed by atoms with van der Waals surface area (Å²) in [4.78, 5) is 26.1. The van der Waals surface area contributed by atoms with E-state index in [0.717, 1.165) is 0 Å². The average molecular weight is 272 g/mol. The molecule has 0 saturated heterocycles. The molecule has 2 amide bonds. The highest BCUT2D eigenvalue weighted by Gasteiger charge is 2.29. The average Bonchev–Trinajstić information content (AvgIpc) is 2.28. The predicted molar refractivity (Wildman–Crippen MR) is 73.1 cm³/mol. The predicted octanol–water partition coefficient (Wildman–Crippen LogP) is 1.43. The molecule has 0 heterocycles. The third-order valence-electron chi connectivity index (χ3n) is 2.51. The molecule has 19 heavy (non-hydrogen) atoms. The van der Waals surface area contributed by atoms with Gasteiger partial charge in [-0.05, 0) is 20.8 Å². The van der Waals surface area contributed by atoms with Gasteiger partial charge in [-0.2, -0.15) is 0 Å². The van der Waals surface area contributed by atoms with Crippen molar-refractivity contribution in [1.29, 1.82) is 0 Å². The maximum absolute atomic E-state index is 12.4. The highest BCUT2D eigenvalue weighted by molar-refractivity contribution is 5.80. The highest BCUT2D eigenvalue weighted by Crippen LogP contribution is 2.15. The van der Waals surface area contributed by atoms with Crippen LogP contribution in [0.15, 0.2) is 12.7 Å². The summed E-state index contributed by atoms with van der Waals surface area (Å²) >= 11 is 0. The monoisotopic (exact) mass is 272 g/mol. The van der Waals surface area contributed by atoms with E-state index in [4.69, 9.17) is 9.84 Å². The van der Waals surface area contributed by atoms with E-state index in [2.05, 4.69) is 6.58 Å². The van der Waals surface area contributed by atoms with Crippen LogP contribution < -0.4 is 0 Å². The zero-order chi connectivity index (χ0) is 15.1. The van der Waals surface area contributed by atoms with Crippen LogP contribution in [0, 0.1) is 0 Å². The molecule has 0 aromatic heterocycles. The molecule has 0 unspecified atom stereocenters. The summed E-state index contributed by atoms with van der Waals surface area (Å²) < 4.78 is 4.90. The molecule has 0 radical (unpaired) electrons. The van der Waals surface area contributed by atoms with Crippen LogP contribution in [-0.2, 0) is 9.53 Å². The van der Waals surface area contributed by atoms with Gasteiger partial charge in [-0.25, -0.2) is 4.79 Å². The number of hydrogen-bond acceptors (Lipinski definition) is 3. The van der Waals surface area contributed by atoms with Crippen molar-refractivity contribution in [3.05, 3.63) is 12.7 Å². The molecule has 0 atom stereocenters. The molecule has 0 bridgehead atoms. The number of carbonyl (C=O) groups is 2. The van der Waals surface area contributed by atoms with Crippen LogP contribution in [-0.4, -0.2) is 65.8 Å². The van der Waals surface area contributed by atoms with Crippen molar-refractivity contribution in [3.8, 4) is 0 Å². The Bertz CT molecular complexity index is 323. The number of carbonyl (C=O) groups excluding carboxylic acids is 1. The van der Waals surface area contributed by atoms with E-state index in [1.54, 1.807) is 11.0 Å². The Kier molecular flexibility index (Phi) is 7.14. The fourth-order valence-corrected chi connectivity index (χ4v) is 1.55. The second kappa shape index (κ2) is 7.78. The minimum absolute atomic E-state index is 0.241. The molecule has 0 saturated carbocycles. The molecular formula is C13H24N2O4. The Morgan fingerprint density at radius 3 is 2.32 bits per heavy atom. The van der Waals surface area contributed by atoms with Gasteiger partial charge in [0.2, 0.25) is 0 Å². The number of rotatable bonds is 7. The fraction of sp³-hybridized carbons (Fsp3) is 0.692. The van der Waals surface area contributed by atoms with Crippen LogP contribution in [0.4, 0.5) is 4.79 Å². The first-order valence-electron chi connectivity index (χ1n) is 6.12. The maximum Gasteiger partial charge on any atom is 0.323 e. The molecule has 6 heteroatoms. The lowest BCUT2D eigenvalue weighted by molar-refractivity contribution is -0.138. The van der Waals surface area contributed by atoms with Crippen molar-refractivity contribution in [2.24, 2.45) is 0 Å². The first-order valence-corrected chi connectivity index (χ1v) is 6.12.